The van der Waals surface area contributed by atoms with E-state index in [9.17, 15) is 18.0 Å². The van der Waals surface area contributed by atoms with Crippen molar-refractivity contribution in [3.05, 3.63) is 76.0 Å². The fraction of sp³-hybridized carbons (Fsp3) is 0.143. The van der Waals surface area contributed by atoms with E-state index in [0.717, 1.165) is 4.88 Å². The van der Waals surface area contributed by atoms with Gasteiger partial charge in [-0.25, -0.2) is 13.1 Å². The van der Waals surface area contributed by atoms with Crippen molar-refractivity contribution >= 4 is 38.9 Å². The molecule has 2 aromatic carbocycles. The standard InChI is InChI=1S/C21H21N3O5S2/c1-29-19-9-6-15(20(22)25)13-18(19)24-21(26)14-4-7-17(8-5-14)31(27,28)23-11-10-16-3-2-12-30-16/h2-9,12-13,23H,10-11H2,1H3,(H2,22,25)(H,24,26). The number of ether oxygens (including phenoxy) is 1. The lowest BCUT2D eigenvalue weighted by Crippen LogP contribution is -2.26. The van der Waals surface area contributed by atoms with Gasteiger partial charge in [-0.2, -0.15) is 0 Å². The zero-order chi connectivity index (χ0) is 22.4. The monoisotopic (exact) mass is 459 g/mol. The predicted molar refractivity (Wildman–Crippen MR) is 119 cm³/mol. The molecule has 31 heavy (non-hydrogen) atoms. The molecular weight excluding hydrogens is 438 g/mol. The highest BCUT2D eigenvalue weighted by atomic mass is 32.2. The summed E-state index contributed by atoms with van der Waals surface area (Å²) in [4.78, 5) is 25.1. The average Bonchev–Trinajstić information content (AvgIpc) is 3.27. The number of hydrogen-bond acceptors (Lipinski definition) is 6. The number of thiophene rings is 1. The molecule has 0 saturated carbocycles. The second-order valence-corrected chi connectivity index (χ2v) is 9.28. The topological polar surface area (TPSA) is 128 Å². The molecule has 0 unspecified atom stereocenters. The molecule has 0 aliphatic rings. The molecule has 4 N–H and O–H groups in total. The minimum atomic E-state index is -3.69. The minimum absolute atomic E-state index is 0.0588. The van der Waals surface area contributed by atoms with Gasteiger partial charge in [0, 0.05) is 22.5 Å². The van der Waals surface area contributed by atoms with Crippen molar-refractivity contribution in [1.82, 2.24) is 4.72 Å². The number of carbonyl (C=O) groups excluding carboxylic acids is 2. The summed E-state index contributed by atoms with van der Waals surface area (Å²) in [5, 5.41) is 4.58. The number of primary amides is 1. The number of nitrogens with two attached hydrogens (primary N) is 1. The number of benzene rings is 2. The Hall–Kier alpha value is -3.21. The van der Waals surface area contributed by atoms with E-state index in [1.54, 1.807) is 11.3 Å². The van der Waals surface area contributed by atoms with Gasteiger partial charge < -0.3 is 15.8 Å². The molecule has 0 radical (unpaired) electrons. The predicted octanol–water partition coefficient (Wildman–Crippen LogP) is 2.63. The molecule has 0 fully saturated rings. The van der Waals surface area contributed by atoms with E-state index >= 15 is 0 Å². The molecule has 3 rings (SSSR count). The van der Waals surface area contributed by atoms with Crippen molar-refractivity contribution in [1.29, 1.82) is 0 Å². The van der Waals surface area contributed by atoms with E-state index in [4.69, 9.17) is 10.5 Å². The number of carbonyl (C=O) groups is 2. The minimum Gasteiger partial charge on any atom is -0.495 e. The number of anilines is 1. The molecule has 0 spiro atoms. The second-order valence-electron chi connectivity index (χ2n) is 6.48. The highest BCUT2D eigenvalue weighted by Gasteiger charge is 2.16. The van der Waals surface area contributed by atoms with E-state index in [0.29, 0.717) is 12.2 Å². The van der Waals surface area contributed by atoms with Crippen molar-refractivity contribution in [2.24, 2.45) is 5.73 Å². The van der Waals surface area contributed by atoms with Crippen LogP contribution in [0.3, 0.4) is 0 Å². The Morgan fingerprint density at radius 2 is 1.77 bits per heavy atom. The Bertz CT molecular complexity index is 1170. The van der Waals surface area contributed by atoms with E-state index in [1.165, 1.54) is 49.6 Å². The van der Waals surface area contributed by atoms with Crippen LogP contribution in [0.5, 0.6) is 5.75 Å². The Kier molecular flexibility index (Phi) is 7.06. The second kappa shape index (κ2) is 9.73. The van der Waals surface area contributed by atoms with E-state index in [1.807, 2.05) is 17.5 Å². The number of hydrogen-bond donors (Lipinski definition) is 3. The van der Waals surface area contributed by atoms with Crippen LogP contribution in [0.15, 0.2) is 64.9 Å². The summed E-state index contributed by atoms with van der Waals surface area (Å²) >= 11 is 1.57. The van der Waals surface area contributed by atoms with Crippen LogP contribution in [0, 0.1) is 0 Å². The lowest BCUT2D eigenvalue weighted by Gasteiger charge is -2.12. The van der Waals surface area contributed by atoms with Crippen molar-refractivity contribution in [2.75, 3.05) is 19.0 Å². The molecule has 1 aromatic heterocycles. The first kappa shape index (κ1) is 22.5. The van der Waals surface area contributed by atoms with Gasteiger partial charge in [-0.3, -0.25) is 9.59 Å². The van der Waals surface area contributed by atoms with Gasteiger partial charge in [-0.15, -0.1) is 11.3 Å². The zero-order valence-electron chi connectivity index (χ0n) is 16.6. The molecule has 162 valence electrons. The fourth-order valence-corrected chi connectivity index (χ4v) is 4.53. The normalized spacial score (nSPS) is 11.1. The first-order chi connectivity index (χ1) is 14.8. The van der Waals surface area contributed by atoms with Crippen LogP contribution in [0.25, 0.3) is 0 Å². The van der Waals surface area contributed by atoms with Crippen LogP contribution in [0.1, 0.15) is 25.6 Å². The lowest BCUT2D eigenvalue weighted by atomic mass is 10.1. The van der Waals surface area contributed by atoms with Gasteiger partial charge in [0.2, 0.25) is 15.9 Å². The van der Waals surface area contributed by atoms with Gasteiger partial charge in [-0.1, -0.05) is 6.07 Å². The maximum atomic E-state index is 12.6. The Morgan fingerprint density at radius 3 is 2.39 bits per heavy atom. The van der Waals surface area contributed by atoms with Gasteiger partial charge >= 0.3 is 0 Å². The first-order valence-corrected chi connectivity index (χ1v) is 11.6. The SMILES string of the molecule is COc1ccc(C(N)=O)cc1NC(=O)c1ccc(S(=O)(=O)NCCc2cccs2)cc1. The Labute approximate surface area is 184 Å². The summed E-state index contributed by atoms with van der Waals surface area (Å²) in [5.41, 5.74) is 6.01. The average molecular weight is 460 g/mol. The van der Waals surface area contributed by atoms with Gasteiger partial charge in [0.1, 0.15) is 5.75 Å². The molecule has 8 nitrogen and oxygen atoms in total. The van der Waals surface area contributed by atoms with Gasteiger partial charge in [-0.05, 0) is 60.3 Å². The molecule has 0 aliphatic heterocycles. The number of amides is 2. The summed E-state index contributed by atoms with van der Waals surface area (Å²) in [6, 6.07) is 13.8. The molecule has 0 atom stereocenters. The third kappa shape index (κ3) is 5.69. The smallest absolute Gasteiger partial charge is 0.255 e. The van der Waals surface area contributed by atoms with Crippen LogP contribution >= 0.6 is 11.3 Å². The van der Waals surface area contributed by atoms with Crippen molar-refractivity contribution in [3.8, 4) is 5.75 Å². The summed E-state index contributed by atoms with van der Waals surface area (Å²) < 4.78 is 32.6. The van der Waals surface area contributed by atoms with Gasteiger partial charge in [0.05, 0.1) is 17.7 Å². The molecule has 0 saturated heterocycles. The highest BCUT2D eigenvalue weighted by molar-refractivity contribution is 7.89. The number of methoxy groups -OCH3 is 1. The highest BCUT2D eigenvalue weighted by Crippen LogP contribution is 2.26. The largest absolute Gasteiger partial charge is 0.495 e. The van der Waals surface area contributed by atoms with Crippen LogP contribution in [-0.2, 0) is 16.4 Å². The summed E-state index contributed by atoms with van der Waals surface area (Å²) in [6.45, 7) is 0.279. The van der Waals surface area contributed by atoms with Crippen LogP contribution in [-0.4, -0.2) is 33.9 Å². The van der Waals surface area contributed by atoms with Crippen molar-refractivity contribution in [2.45, 2.75) is 11.3 Å². The Morgan fingerprint density at radius 1 is 1.06 bits per heavy atom. The quantitative estimate of drug-likeness (QED) is 0.453. The number of nitrogens with one attached hydrogen (secondary N) is 2. The molecular formula is C21H21N3O5S2. The van der Waals surface area contributed by atoms with Crippen molar-refractivity contribution in [3.63, 3.8) is 0 Å². The number of rotatable bonds is 9. The zero-order valence-corrected chi connectivity index (χ0v) is 18.3. The van der Waals surface area contributed by atoms with Crippen LogP contribution in [0.2, 0.25) is 0 Å². The molecule has 0 aliphatic carbocycles. The number of sulfonamides is 1. The van der Waals surface area contributed by atoms with Crippen LogP contribution < -0.4 is 20.5 Å². The van der Waals surface area contributed by atoms with Crippen LogP contribution in [0.4, 0.5) is 5.69 Å². The summed E-state index contributed by atoms with van der Waals surface area (Å²) in [5.74, 6) is -0.777. The third-order valence-electron chi connectivity index (χ3n) is 4.40. The maximum Gasteiger partial charge on any atom is 0.255 e. The van der Waals surface area contributed by atoms with Gasteiger partial charge in [0.15, 0.2) is 0 Å². The maximum absolute atomic E-state index is 12.6. The first-order valence-electron chi connectivity index (χ1n) is 9.21. The summed E-state index contributed by atoms with van der Waals surface area (Å²) in [6.07, 6.45) is 0.601. The summed E-state index contributed by atoms with van der Waals surface area (Å²) in [7, 11) is -2.26. The molecule has 2 amide bonds. The fourth-order valence-electron chi connectivity index (χ4n) is 2.79. The third-order valence-corrected chi connectivity index (χ3v) is 6.82. The lowest BCUT2D eigenvalue weighted by molar-refractivity contribution is 0.0996. The molecule has 1 heterocycles. The molecule has 3 aromatic rings. The van der Waals surface area contributed by atoms with E-state index in [2.05, 4.69) is 10.0 Å². The molecule has 0 bridgehead atoms. The van der Waals surface area contributed by atoms with E-state index in [-0.39, 0.29) is 28.3 Å². The Balaban J connectivity index is 1.68. The van der Waals surface area contributed by atoms with E-state index < -0.39 is 21.8 Å². The molecule has 10 heteroatoms. The van der Waals surface area contributed by atoms with Crippen molar-refractivity contribution < 1.29 is 22.7 Å². The van der Waals surface area contributed by atoms with Gasteiger partial charge in [0.25, 0.3) is 5.91 Å².